The zero-order valence-electron chi connectivity index (χ0n) is 20.3. The van der Waals surface area contributed by atoms with Crippen LogP contribution in [0.15, 0.2) is 16.9 Å². The Labute approximate surface area is 218 Å². The van der Waals surface area contributed by atoms with Crippen molar-refractivity contribution in [2.24, 2.45) is 5.92 Å². The van der Waals surface area contributed by atoms with E-state index in [0.29, 0.717) is 42.6 Å². The molecule has 0 atom stereocenters. The molecule has 3 fully saturated rings. The molecular weight excluding hydrogens is 516 g/mol. The first kappa shape index (κ1) is 26.4. The smallest absolute Gasteiger partial charge is 0.379 e. The largest absolute Gasteiger partial charge is 0.391 e. The monoisotopic (exact) mass is 548 g/mol. The Hall–Kier alpha value is -1.26. The number of piperidine rings is 1. The van der Waals surface area contributed by atoms with Crippen LogP contribution in [0.3, 0.4) is 0 Å². The van der Waals surface area contributed by atoms with Crippen molar-refractivity contribution in [1.82, 2.24) is 18.9 Å². The van der Waals surface area contributed by atoms with E-state index in [-0.39, 0.29) is 30.6 Å². The fraction of sp³-hybridized carbons (Fsp3) is 0.720. The highest BCUT2D eigenvalue weighted by Crippen LogP contribution is 2.40. The molecule has 0 radical (unpaired) electrons. The van der Waals surface area contributed by atoms with Crippen LogP contribution in [0.5, 0.6) is 0 Å². The number of ether oxygens (including phenoxy) is 1. The second kappa shape index (κ2) is 10.8. The molecule has 1 aromatic heterocycles. The van der Waals surface area contributed by atoms with Crippen LogP contribution in [0.25, 0.3) is 11.0 Å². The number of halogens is 5. The zero-order chi connectivity index (χ0) is 25.4. The van der Waals surface area contributed by atoms with Gasteiger partial charge < -0.3 is 9.64 Å². The summed E-state index contributed by atoms with van der Waals surface area (Å²) < 4.78 is 48.3. The number of nitrogens with zero attached hydrogens (tertiary/aromatic N) is 4. The van der Waals surface area contributed by atoms with Gasteiger partial charge in [0.15, 0.2) is 0 Å². The topological polar surface area (TPSA) is 42.6 Å². The van der Waals surface area contributed by atoms with Gasteiger partial charge >= 0.3 is 11.9 Å². The summed E-state index contributed by atoms with van der Waals surface area (Å²) in [7, 11) is 0. The Morgan fingerprint density at radius 3 is 2.06 bits per heavy atom. The highest BCUT2D eigenvalue weighted by molar-refractivity contribution is 6.42. The SMILES string of the molecule is O=c1n(CCN2CCOCC2)c2cc(Cl)c(Cl)cc2n1C1CCN(C2CCC(C(F)(F)F)CC2)CC1. The van der Waals surface area contributed by atoms with E-state index in [0.717, 1.165) is 56.6 Å². The molecule has 5 rings (SSSR count). The van der Waals surface area contributed by atoms with Crippen molar-refractivity contribution in [2.45, 2.75) is 63.3 Å². The van der Waals surface area contributed by atoms with Crippen LogP contribution in [0.2, 0.25) is 10.0 Å². The number of imidazole rings is 1. The minimum atomic E-state index is -4.08. The van der Waals surface area contributed by atoms with Crippen molar-refractivity contribution in [3.63, 3.8) is 0 Å². The molecule has 3 heterocycles. The summed E-state index contributed by atoms with van der Waals surface area (Å²) in [5.41, 5.74) is 1.52. The van der Waals surface area contributed by atoms with E-state index < -0.39 is 12.1 Å². The van der Waals surface area contributed by atoms with Crippen LogP contribution in [-0.2, 0) is 11.3 Å². The van der Waals surface area contributed by atoms with E-state index in [1.165, 1.54) is 0 Å². The molecule has 1 aliphatic carbocycles. The van der Waals surface area contributed by atoms with Gasteiger partial charge in [0, 0.05) is 51.4 Å². The van der Waals surface area contributed by atoms with E-state index >= 15 is 0 Å². The molecule has 3 aliphatic rings. The van der Waals surface area contributed by atoms with Crippen LogP contribution >= 0.6 is 23.2 Å². The fourth-order valence-electron chi connectivity index (χ4n) is 6.18. The van der Waals surface area contributed by atoms with Gasteiger partial charge in [-0.3, -0.25) is 14.0 Å². The first-order valence-electron chi connectivity index (χ1n) is 12.9. The lowest BCUT2D eigenvalue weighted by Gasteiger charge is -2.41. The third kappa shape index (κ3) is 5.46. The molecule has 0 bridgehead atoms. The maximum Gasteiger partial charge on any atom is 0.391 e. The number of fused-ring (bicyclic) bond motifs is 1. The predicted molar refractivity (Wildman–Crippen MR) is 135 cm³/mol. The quantitative estimate of drug-likeness (QED) is 0.515. The van der Waals surface area contributed by atoms with Gasteiger partial charge in [-0.2, -0.15) is 13.2 Å². The fourth-order valence-corrected chi connectivity index (χ4v) is 6.50. The van der Waals surface area contributed by atoms with Crippen LogP contribution < -0.4 is 5.69 Å². The van der Waals surface area contributed by atoms with Crippen LogP contribution in [0.4, 0.5) is 13.2 Å². The lowest BCUT2D eigenvalue weighted by Crippen LogP contribution is -2.45. The molecular formula is C25H33Cl2F3N4O2. The van der Waals surface area contributed by atoms with Gasteiger partial charge in [0.1, 0.15) is 0 Å². The highest BCUT2D eigenvalue weighted by atomic mass is 35.5. The van der Waals surface area contributed by atoms with Gasteiger partial charge in [-0.25, -0.2) is 4.79 Å². The average molecular weight is 549 g/mol. The van der Waals surface area contributed by atoms with Crippen LogP contribution in [0, 0.1) is 5.92 Å². The highest BCUT2D eigenvalue weighted by Gasteiger charge is 2.42. The molecule has 200 valence electrons. The predicted octanol–water partition coefficient (Wildman–Crippen LogP) is 5.20. The maximum absolute atomic E-state index is 13.7. The number of likely N-dealkylation sites (tertiary alicyclic amines) is 1. The molecule has 0 N–H and O–H groups in total. The number of hydrogen-bond donors (Lipinski definition) is 0. The van der Waals surface area contributed by atoms with E-state index in [1.807, 2.05) is 4.57 Å². The standard InChI is InChI=1S/C25H33Cl2F3N4O2/c26-20-15-22-23(16-21(20)27)34(24(35)33(22)10-9-31-11-13-36-14-12-31)19-5-7-32(8-6-19)18-3-1-17(2-4-18)25(28,29)30/h15-19H,1-14H2. The minimum absolute atomic E-state index is 0.0182. The number of benzene rings is 1. The van der Waals surface area contributed by atoms with Gasteiger partial charge in [0.05, 0.1) is 40.2 Å². The summed E-state index contributed by atoms with van der Waals surface area (Å²) in [5, 5.41) is 0.841. The summed E-state index contributed by atoms with van der Waals surface area (Å²) >= 11 is 12.7. The molecule has 6 nitrogen and oxygen atoms in total. The van der Waals surface area contributed by atoms with Crippen molar-refractivity contribution in [1.29, 1.82) is 0 Å². The molecule has 2 aromatic rings. The van der Waals surface area contributed by atoms with Crippen molar-refractivity contribution < 1.29 is 17.9 Å². The second-order valence-corrected chi connectivity index (χ2v) is 11.1. The first-order valence-corrected chi connectivity index (χ1v) is 13.7. The molecule has 1 saturated carbocycles. The third-order valence-corrected chi connectivity index (χ3v) is 9.01. The van der Waals surface area contributed by atoms with E-state index in [4.69, 9.17) is 27.9 Å². The van der Waals surface area contributed by atoms with Gasteiger partial charge in [0.2, 0.25) is 0 Å². The number of aromatic nitrogens is 2. The van der Waals surface area contributed by atoms with E-state index in [1.54, 1.807) is 16.7 Å². The molecule has 2 aliphatic heterocycles. The Balaban J connectivity index is 1.31. The van der Waals surface area contributed by atoms with E-state index in [9.17, 15) is 18.0 Å². The lowest BCUT2D eigenvalue weighted by atomic mass is 9.84. The normalized spacial score (nSPS) is 25.6. The first-order chi connectivity index (χ1) is 17.2. The maximum atomic E-state index is 13.7. The Kier molecular flexibility index (Phi) is 7.94. The summed E-state index contributed by atoms with van der Waals surface area (Å²) in [4.78, 5) is 18.3. The van der Waals surface area contributed by atoms with Crippen LogP contribution in [0.1, 0.15) is 44.6 Å². The third-order valence-electron chi connectivity index (χ3n) is 8.29. The lowest BCUT2D eigenvalue weighted by molar-refractivity contribution is -0.184. The van der Waals surface area contributed by atoms with Crippen molar-refractivity contribution >= 4 is 34.2 Å². The molecule has 1 aromatic carbocycles. The zero-order valence-corrected chi connectivity index (χ0v) is 21.8. The number of alkyl halides is 3. The number of rotatable bonds is 5. The van der Waals surface area contributed by atoms with Crippen LogP contribution in [-0.4, -0.2) is 77.1 Å². The number of hydrogen-bond acceptors (Lipinski definition) is 4. The van der Waals surface area contributed by atoms with Crippen molar-refractivity contribution in [2.75, 3.05) is 45.9 Å². The van der Waals surface area contributed by atoms with E-state index in [2.05, 4.69) is 9.80 Å². The van der Waals surface area contributed by atoms with Gasteiger partial charge in [-0.05, 0) is 50.7 Å². The number of morpholine rings is 1. The summed E-state index contributed by atoms with van der Waals surface area (Å²) in [6.45, 7) is 5.97. The molecule has 11 heteroatoms. The van der Waals surface area contributed by atoms with Gasteiger partial charge in [0.25, 0.3) is 0 Å². The second-order valence-electron chi connectivity index (χ2n) is 10.3. The molecule has 0 unspecified atom stereocenters. The molecule has 2 saturated heterocycles. The van der Waals surface area contributed by atoms with Crippen molar-refractivity contribution in [3.8, 4) is 0 Å². The van der Waals surface area contributed by atoms with Gasteiger partial charge in [-0.1, -0.05) is 23.2 Å². The summed E-state index contributed by atoms with van der Waals surface area (Å²) in [5.74, 6) is -1.16. The molecule has 36 heavy (non-hydrogen) atoms. The Morgan fingerprint density at radius 2 is 1.44 bits per heavy atom. The minimum Gasteiger partial charge on any atom is -0.379 e. The van der Waals surface area contributed by atoms with Gasteiger partial charge in [-0.15, -0.1) is 0 Å². The Bertz CT molecular complexity index is 1110. The molecule has 0 spiro atoms. The molecule has 0 amide bonds. The average Bonchev–Trinajstić information content (AvgIpc) is 3.13. The summed E-state index contributed by atoms with van der Waals surface area (Å²) in [6, 6.07) is 3.79. The summed E-state index contributed by atoms with van der Waals surface area (Å²) in [6.07, 6.45) is -0.927. The Morgan fingerprint density at radius 1 is 0.833 bits per heavy atom. The van der Waals surface area contributed by atoms with Crippen molar-refractivity contribution in [3.05, 3.63) is 32.7 Å².